The molecule has 0 amide bonds. The summed E-state index contributed by atoms with van der Waals surface area (Å²) < 4.78 is 31.1. The fraction of sp³-hybridized carbons (Fsp3) is 0.176. The second-order valence-electron chi connectivity index (χ2n) is 5.89. The molecule has 23 heavy (non-hydrogen) atoms. The predicted molar refractivity (Wildman–Crippen MR) is 82.5 cm³/mol. The Kier molecular flexibility index (Phi) is 2.43. The largest absolute Gasteiger partial charge is 0.306 e. The van der Waals surface area contributed by atoms with E-state index >= 15 is 0 Å². The van der Waals surface area contributed by atoms with Gasteiger partial charge in [-0.2, -0.15) is 0 Å². The third kappa shape index (κ3) is 1.87. The van der Waals surface area contributed by atoms with Gasteiger partial charge in [0.15, 0.2) is 0 Å². The van der Waals surface area contributed by atoms with Gasteiger partial charge in [-0.3, -0.25) is 4.57 Å². The van der Waals surface area contributed by atoms with Crippen LogP contribution in [0.2, 0.25) is 0 Å². The molecule has 114 valence electrons. The zero-order valence-corrected chi connectivity index (χ0v) is 12.1. The van der Waals surface area contributed by atoms with Crippen molar-refractivity contribution in [1.29, 1.82) is 0 Å². The maximum atomic E-state index is 13.6. The van der Waals surface area contributed by atoms with Crippen LogP contribution >= 0.6 is 0 Å². The van der Waals surface area contributed by atoms with Crippen LogP contribution in [0.15, 0.2) is 42.7 Å². The lowest BCUT2D eigenvalue weighted by Crippen LogP contribution is -2.05. The Bertz CT molecular complexity index is 1060. The summed E-state index contributed by atoms with van der Waals surface area (Å²) in [7, 11) is 0. The van der Waals surface area contributed by atoms with E-state index < -0.39 is 0 Å². The van der Waals surface area contributed by atoms with Gasteiger partial charge in [0, 0.05) is 12.1 Å². The van der Waals surface area contributed by atoms with Crippen molar-refractivity contribution in [2.45, 2.75) is 18.9 Å². The number of fused-ring (bicyclic) bond motifs is 2. The van der Waals surface area contributed by atoms with Gasteiger partial charge in [0.2, 0.25) is 5.95 Å². The Morgan fingerprint density at radius 1 is 0.913 bits per heavy atom. The molecule has 2 aromatic heterocycles. The molecule has 6 heteroatoms. The highest BCUT2D eigenvalue weighted by Gasteiger charge is 2.29. The molecule has 0 saturated heterocycles. The summed E-state index contributed by atoms with van der Waals surface area (Å²) in [4.78, 5) is 8.95. The first-order valence-electron chi connectivity index (χ1n) is 7.51. The van der Waals surface area contributed by atoms with Gasteiger partial charge in [0.25, 0.3) is 0 Å². The standard InChI is InChI=1S/C17H12F2N4/c18-10-1-5-13-15(7-10)22(9-20-13)17-21-14-6-2-11(19)8-16(14)23(17)12-3-4-12/h1-2,5-9,12H,3-4H2. The van der Waals surface area contributed by atoms with Crippen molar-refractivity contribution in [3.05, 3.63) is 54.4 Å². The Hall–Kier alpha value is -2.76. The molecule has 0 radical (unpaired) electrons. The van der Waals surface area contributed by atoms with E-state index in [1.54, 1.807) is 23.0 Å². The second kappa shape index (κ2) is 4.38. The molecule has 4 aromatic rings. The Morgan fingerprint density at radius 3 is 2.35 bits per heavy atom. The lowest BCUT2D eigenvalue weighted by Gasteiger charge is -2.08. The van der Waals surface area contributed by atoms with Crippen LogP contribution in [0.5, 0.6) is 0 Å². The average Bonchev–Trinajstić information content (AvgIpc) is 3.18. The smallest absolute Gasteiger partial charge is 0.216 e. The summed E-state index contributed by atoms with van der Waals surface area (Å²) in [6.45, 7) is 0. The van der Waals surface area contributed by atoms with Crippen molar-refractivity contribution in [3.63, 3.8) is 0 Å². The van der Waals surface area contributed by atoms with Crippen LogP contribution in [-0.4, -0.2) is 19.1 Å². The first-order chi connectivity index (χ1) is 11.2. The van der Waals surface area contributed by atoms with E-state index in [1.165, 1.54) is 24.3 Å². The summed E-state index contributed by atoms with van der Waals surface area (Å²) in [6, 6.07) is 9.37. The maximum absolute atomic E-state index is 13.6. The van der Waals surface area contributed by atoms with E-state index in [1.807, 2.05) is 4.57 Å². The minimum Gasteiger partial charge on any atom is -0.306 e. The molecule has 1 aliphatic rings. The van der Waals surface area contributed by atoms with Crippen molar-refractivity contribution in [2.75, 3.05) is 0 Å². The molecule has 1 saturated carbocycles. The number of benzene rings is 2. The van der Waals surface area contributed by atoms with E-state index in [2.05, 4.69) is 9.97 Å². The predicted octanol–water partition coefficient (Wildman–Crippen LogP) is 3.99. The van der Waals surface area contributed by atoms with Crippen LogP contribution < -0.4 is 0 Å². The third-order valence-corrected chi connectivity index (χ3v) is 4.27. The SMILES string of the molecule is Fc1ccc2ncn(-c3nc4ccc(F)cc4n3C3CC3)c2c1. The van der Waals surface area contributed by atoms with Gasteiger partial charge >= 0.3 is 0 Å². The first kappa shape index (κ1) is 12.8. The van der Waals surface area contributed by atoms with Gasteiger partial charge < -0.3 is 4.57 Å². The molecule has 5 rings (SSSR count). The van der Waals surface area contributed by atoms with Crippen LogP contribution in [0, 0.1) is 11.6 Å². The molecule has 1 fully saturated rings. The zero-order valence-electron chi connectivity index (χ0n) is 12.1. The van der Waals surface area contributed by atoms with Gasteiger partial charge in [-0.25, -0.2) is 18.7 Å². The van der Waals surface area contributed by atoms with Gasteiger partial charge in [-0.05, 0) is 43.2 Å². The average molecular weight is 310 g/mol. The fourth-order valence-electron chi connectivity index (χ4n) is 3.06. The normalized spacial score (nSPS) is 14.9. The molecule has 2 aromatic carbocycles. The number of rotatable bonds is 2. The highest BCUT2D eigenvalue weighted by molar-refractivity contribution is 5.81. The molecule has 0 atom stereocenters. The van der Waals surface area contributed by atoms with Crippen LogP contribution in [0.3, 0.4) is 0 Å². The number of halogens is 2. The van der Waals surface area contributed by atoms with Crippen molar-refractivity contribution in [1.82, 2.24) is 19.1 Å². The monoisotopic (exact) mass is 310 g/mol. The molecule has 0 aliphatic heterocycles. The Balaban J connectivity index is 1.85. The van der Waals surface area contributed by atoms with Crippen LogP contribution in [0.1, 0.15) is 18.9 Å². The second-order valence-corrected chi connectivity index (χ2v) is 5.89. The van der Waals surface area contributed by atoms with E-state index in [4.69, 9.17) is 0 Å². The molecule has 0 spiro atoms. The molecular weight excluding hydrogens is 298 g/mol. The van der Waals surface area contributed by atoms with Crippen LogP contribution in [-0.2, 0) is 0 Å². The Labute approximate surface area is 130 Å². The maximum Gasteiger partial charge on any atom is 0.216 e. The molecular formula is C17H12F2N4. The summed E-state index contributed by atoms with van der Waals surface area (Å²) in [5, 5.41) is 0. The highest BCUT2D eigenvalue weighted by Crippen LogP contribution is 2.40. The molecule has 0 unspecified atom stereocenters. The summed E-state index contributed by atoms with van der Waals surface area (Å²) >= 11 is 0. The summed E-state index contributed by atoms with van der Waals surface area (Å²) in [5.41, 5.74) is 2.85. The minimum atomic E-state index is -0.320. The summed E-state index contributed by atoms with van der Waals surface area (Å²) in [5.74, 6) is 0.0490. The van der Waals surface area contributed by atoms with Crippen molar-refractivity contribution < 1.29 is 8.78 Å². The minimum absolute atomic E-state index is 0.285. The fourth-order valence-corrected chi connectivity index (χ4v) is 3.06. The number of aromatic nitrogens is 4. The molecule has 0 bridgehead atoms. The van der Waals surface area contributed by atoms with Crippen molar-refractivity contribution in [2.24, 2.45) is 0 Å². The number of hydrogen-bond acceptors (Lipinski definition) is 2. The van der Waals surface area contributed by atoms with E-state index in [0.717, 1.165) is 23.9 Å². The van der Waals surface area contributed by atoms with E-state index in [0.29, 0.717) is 23.0 Å². The first-order valence-corrected chi connectivity index (χ1v) is 7.51. The van der Waals surface area contributed by atoms with Gasteiger partial charge in [-0.1, -0.05) is 0 Å². The third-order valence-electron chi connectivity index (χ3n) is 4.27. The van der Waals surface area contributed by atoms with E-state index in [9.17, 15) is 8.78 Å². The highest BCUT2D eigenvalue weighted by atomic mass is 19.1. The van der Waals surface area contributed by atoms with Crippen LogP contribution in [0.25, 0.3) is 28.0 Å². The lowest BCUT2D eigenvalue weighted by molar-refractivity contribution is 0.627. The van der Waals surface area contributed by atoms with Crippen LogP contribution in [0.4, 0.5) is 8.78 Å². The number of imidazole rings is 2. The number of hydrogen-bond donors (Lipinski definition) is 0. The quantitative estimate of drug-likeness (QED) is 0.561. The molecule has 2 heterocycles. The Morgan fingerprint density at radius 2 is 1.61 bits per heavy atom. The van der Waals surface area contributed by atoms with E-state index in [-0.39, 0.29) is 11.6 Å². The number of nitrogens with zero attached hydrogens (tertiary/aromatic N) is 4. The zero-order chi connectivity index (χ0) is 15.6. The van der Waals surface area contributed by atoms with Gasteiger partial charge in [0.05, 0.1) is 22.1 Å². The molecule has 4 nitrogen and oxygen atoms in total. The van der Waals surface area contributed by atoms with Gasteiger partial charge in [-0.15, -0.1) is 0 Å². The lowest BCUT2D eigenvalue weighted by atomic mass is 10.3. The summed E-state index contributed by atoms with van der Waals surface area (Å²) in [6.07, 6.45) is 3.71. The van der Waals surface area contributed by atoms with Crippen molar-refractivity contribution in [3.8, 4) is 5.95 Å². The molecule has 0 N–H and O–H groups in total. The molecule has 1 aliphatic carbocycles. The topological polar surface area (TPSA) is 35.6 Å². The van der Waals surface area contributed by atoms with Crippen molar-refractivity contribution >= 4 is 22.1 Å². The van der Waals surface area contributed by atoms with Gasteiger partial charge in [0.1, 0.15) is 18.0 Å².